The zero-order valence-electron chi connectivity index (χ0n) is 19.1. The predicted molar refractivity (Wildman–Crippen MR) is 130 cm³/mol. The summed E-state index contributed by atoms with van der Waals surface area (Å²) in [6, 6.07) is 9.00. The number of nitrogens with zero attached hydrogens (tertiary/aromatic N) is 2. The Kier molecular flexibility index (Phi) is 9.19. The van der Waals surface area contributed by atoms with Crippen LogP contribution >= 0.6 is 0 Å². The Hall–Kier alpha value is -2.94. The smallest absolute Gasteiger partial charge is 0.270 e. The van der Waals surface area contributed by atoms with Crippen molar-refractivity contribution in [2.45, 2.75) is 71.1 Å². The Balaban J connectivity index is 2.27. The minimum Gasteiger partial charge on any atom is -0.279 e. The van der Waals surface area contributed by atoms with Crippen LogP contribution in [0.15, 0.2) is 46.4 Å². The molecule has 2 rings (SSSR count). The molecular weight excluding hydrogens is 428 g/mol. The van der Waals surface area contributed by atoms with E-state index in [4.69, 9.17) is 0 Å². The molecule has 2 aromatic carbocycles. The lowest BCUT2D eigenvalue weighted by atomic mass is 10.1. The van der Waals surface area contributed by atoms with Crippen molar-refractivity contribution in [2.24, 2.45) is 5.10 Å². The summed E-state index contributed by atoms with van der Waals surface area (Å²) >= 11 is 0. The maximum atomic E-state index is 13.1. The number of hydrogen-bond donors (Lipinski definition) is 2. The minimum absolute atomic E-state index is 0.179. The van der Waals surface area contributed by atoms with Crippen molar-refractivity contribution < 1.29 is 13.3 Å². The number of aryl methyl sites for hydroxylation is 2. The van der Waals surface area contributed by atoms with Crippen LogP contribution in [0.3, 0.4) is 0 Å². The average molecular weight is 461 g/mol. The van der Waals surface area contributed by atoms with E-state index in [-0.39, 0.29) is 16.3 Å². The summed E-state index contributed by atoms with van der Waals surface area (Å²) in [6.07, 6.45) is 6.51. The van der Waals surface area contributed by atoms with E-state index in [2.05, 4.69) is 22.2 Å². The van der Waals surface area contributed by atoms with Crippen molar-refractivity contribution in [3.63, 3.8) is 0 Å². The Morgan fingerprint density at radius 2 is 1.72 bits per heavy atom. The number of benzene rings is 2. The fourth-order valence-corrected chi connectivity index (χ4v) is 4.57. The van der Waals surface area contributed by atoms with E-state index in [9.17, 15) is 18.5 Å². The van der Waals surface area contributed by atoms with Crippen LogP contribution in [0.4, 0.5) is 17.1 Å². The molecule has 0 bridgehead atoms. The minimum atomic E-state index is -4.10. The zero-order valence-corrected chi connectivity index (χ0v) is 20.0. The standard InChI is InChI=1S/C23H32N4O4S/c1-5-6-7-8-9-10-19(4)24-25-22-14-12-20(27(28)29)16-23(22)32(30,31)26-21-13-11-17(2)15-18(21)3/h11-16,25-26H,5-10H2,1-4H3/b24-19-. The molecular formula is C23H32N4O4S. The van der Waals surface area contributed by atoms with Gasteiger partial charge in [0.2, 0.25) is 0 Å². The average Bonchev–Trinajstić information content (AvgIpc) is 2.74. The molecule has 9 heteroatoms. The summed E-state index contributed by atoms with van der Waals surface area (Å²) in [5.74, 6) is 0. The lowest BCUT2D eigenvalue weighted by Crippen LogP contribution is -2.16. The Bertz CT molecular complexity index is 1080. The number of hydrazone groups is 1. The fraction of sp³-hybridized carbons (Fsp3) is 0.435. The molecule has 0 aliphatic rings. The normalized spacial score (nSPS) is 11.9. The van der Waals surface area contributed by atoms with Crippen LogP contribution in [0.1, 0.15) is 63.5 Å². The number of rotatable bonds is 12. The van der Waals surface area contributed by atoms with Crippen molar-refractivity contribution in [1.82, 2.24) is 0 Å². The molecule has 8 nitrogen and oxygen atoms in total. The lowest BCUT2D eigenvalue weighted by molar-refractivity contribution is -0.385. The zero-order chi connectivity index (χ0) is 23.7. The molecule has 2 N–H and O–H groups in total. The first kappa shape index (κ1) is 25.3. The van der Waals surface area contributed by atoms with Gasteiger partial charge in [-0.05, 0) is 51.3 Å². The summed E-state index contributed by atoms with van der Waals surface area (Å²) in [7, 11) is -4.10. The highest BCUT2D eigenvalue weighted by Gasteiger charge is 2.23. The van der Waals surface area contributed by atoms with Crippen molar-refractivity contribution >= 4 is 32.8 Å². The highest BCUT2D eigenvalue weighted by Crippen LogP contribution is 2.29. The summed E-state index contributed by atoms with van der Waals surface area (Å²) in [5, 5.41) is 15.5. The van der Waals surface area contributed by atoms with Gasteiger partial charge >= 0.3 is 0 Å². The van der Waals surface area contributed by atoms with Crippen molar-refractivity contribution in [3.05, 3.63) is 57.6 Å². The Morgan fingerprint density at radius 3 is 2.38 bits per heavy atom. The number of hydrogen-bond acceptors (Lipinski definition) is 6. The van der Waals surface area contributed by atoms with E-state index in [0.717, 1.165) is 42.2 Å². The van der Waals surface area contributed by atoms with E-state index in [0.29, 0.717) is 5.69 Å². The third kappa shape index (κ3) is 7.33. The molecule has 0 unspecified atom stereocenters. The van der Waals surface area contributed by atoms with Gasteiger partial charge in [0.15, 0.2) is 0 Å². The second-order valence-electron chi connectivity index (χ2n) is 7.98. The molecule has 32 heavy (non-hydrogen) atoms. The maximum Gasteiger partial charge on any atom is 0.270 e. The van der Waals surface area contributed by atoms with E-state index in [1.54, 1.807) is 19.1 Å². The fourth-order valence-electron chi connectivity index (χ4n) is 3.26. The van der Waals surface area contributed by atoms with Gasteiger partial charge in [-0.15, -0.1) is 0 Å². The van der Waals surface area contributed by atoms with E-state index in [1.165, 1.54) is 31.4 Å². The molecule has 0 heterocycles. The number of sulfonamides is 1. The van der Waals surface area contributed by atoms with Gasteiger partial charge in [0, 0.05) is 17.8 Å². The van der Waals surface area contributed by atoms with Gasteiger partial charge in [0.25, 0.3) is 15.7 Å². The van der Waals surface area contributed by atoms with Gasteiger partial charge in [-0.3, -0.25) is 20.3 Å². The van der Waals surface area contributed by atoms with Gasteiger partial charge in [-0.25, -0.2) is 8.42 Å². The van der Waals surface area contributed by atoms with Crippen molar-refractivity contribution in [1.29, 1.82) is 0 Å². The third-order valence-electron chi connectivity index (χ3n) is 5.10. The number of nitro groups is 1. The van der Waals surface area contributed by atoms with Crippen molar-refractivity contribution in [2.75, 3.05) is 10.1 Å². The number of non-ortho nitro benzene ring substituents is 1. The first-order chi connectivity index (χ1) is 15.1. The Labute approximate surface area is 190 Å². The molecule has 0 aliphatic heterocycles. The van der Waals surface area contributed by atoms with Crippen LogP contribution in [-0.2, 0) is 10.0 Å². The molecule has 0 saturated heterocycles. The molecule has 0 radical (unpaired) electrons. The lowest BCUT2D eigenvalue weighted by Gasteiger charge is -2.14. The van der Waals surface area contributed by atoms with Crippen molar-refractivity contribution in [3.8, 4) is 0 Å². The van der Waals surface area contributed by atoms with E-state index >= 15 is 0 Å². The molecule has 0 amide bonds. The van der Waals surface area contributed by atoms with Crippen LogP contribution in [0.2, 0.25) is 0 Å². The topological polar surface area (TPSA) is 114 Å². The van der Waals surface area contributed by atoms with Gasteiger partial charge < -0.3 is 0 Å². The molecule has 2 aromatic rings. The molecule has 0 saturated carbocycles. The molecule has 0 fully saturated rings. The van der Waals surface area contributed by atoms with Crippen LogP contribution in [0.5, 0.6) is 0 Å². The molecule has 0 atom stereocenters. The SMILES string of the molecule is CCCCCCC/C(C)=N\Nc1ccc([N+](=O)[O-])cc1S(=O)(=O)Nc1ccc(C)cc1C. The van der Waals surface area contributed by atoms with Gasteiger partial charge in [0.05, 0.1) is 16.3 Å². The van der Waals surface area contributed by atoms with Gasteiger partial charge in [-0.1, -0.05) is 50.3 Å². The quantitative estimate of drug-likeness (QED) is 0.170. The van der Waals surface area contributed by atoms with E-state index in [1.807, 2.05) is 19.9 Å². The second-order valence-corrected chi connectivity index (χ2v) is 9.64. The molecule has 174 valence electrons. The number of unbranched alkanes of at least 4 members (excludes halogenated alkanes) is 4. The van der Waals surface area contributed by atoms with Crippen LogP contribution < -0.4 is 10.1 Å². The summed E-state index contributed by atoms with van der Waals surface area (Å²) in [6.45, 7) is 7.76. The number of anilines is 2. The number of nitrogens with one attached hydrogen (secondary N) is 2. The Morgan fingerprint density at radius 1 is 1.03 bits per heavy atom. The third-order valence-corrected chi connectivity index (χ3v) is 6.51. The highest BCUT2D eigenvalue weighted by molar-refractivity contribution is 7.92. The highest BCUT2D eigenvalue weighted by atomic mass is 32.2. The van der Waals surface area contributed by atoms with Gasteiger partial charge in [-0.2, -0.15) is 5.10 Å². The number of nitro benzene ring substituents is 1. The molecule has 0 aliphatic carbocycles. The first-order valence-corrected chi connectivity index (χ1v) is 12.3. The van der Waals surface area contributed by atoms with Crippen LogP contribution in [0, 0.1) is 24.0 Å². The second kappa shape index (κ2) is 11.6. The summed E-state index contributed by atoms with van der Waals surface area (Å²) < 4.78 is 28.8. The summed E-state index contributed by atoms with van der Waals surface area (Å²) in [5.41, 5.74) is 5.67. The monoisotopic (exact) mass is 460 g/mol. The van der Waals surface area contributed by atoms with Gasteiger partial charge in [0.1, 0.15) is 4.90 Å². The van der Waals surface area contributed by atoms with Crippen LogP contribution in [0.25, 0.3) is 0 Å². The predicted octanol–water partition coefficient (Wildman–Crippen LogP) is 6.16. The van der Waals surface area contributed by atoms with E-state index < -0.39 is 14.9 Å². The van der Waals surface area contributed by atoms with Crippen LogP contribution in [-0.4, -0.2) is 19.1 Å². The largest absolute Gasteiger partial charge is 0.279 e. The maximum absolute atomic E-state index is 13.1. The molecule has 0 aromatic heterocycles. The summed E-state index contributed by atoms with van der Waals surface area (Å²) in [4.78, 5) is 10.4. The first-order valence-electron chi connectivity index (χ1n) is 10.8. The molecule has 0 spiro atoms.